The number of halogens is 1. The molecule has 0 aromatic rings. The van der Waals surface area contributed by atoms with E-state index < -0.39 is 0 Å². The van der Waals surface area contributed by atoms with E-state index in [1.807, 2.05) is 12.2 Å². The highest BCUT2D eigenvalue weighted by Gasteiger charge is 2.35. The molecule has 2 bridgehead atoms. The molecule has 3 aliphatic heterocycles. The van der Waals surface area contributed by atoms with Crippen LogP contribution in [0, 0.1) is 5.92 Å². The summed E-state index contributed by atoms with van der Waals surface area (Å²) < 4.78 is 6.18. The molecule has 0 radical (unpaired) electrons. The maximum atomic E-state index is 6.18. The van der Waals surface area contributed by atoms with Gasteiger partial charge in [0, 0.05) is 18.0 Å². The molecule has 0 N–H and O–H groups in total. The van der Waals surface area contributed by atoms with Crippen LogP contribution in [-0.2, 0) is 4.74 Å². The molecule has 0 amide bonds. The number of fused-ring (bicyclic) bond motifs is 3. The predicted molar refractivity (Wildman–Crippen MR) is 65.5 cm³/mol. The Morgan fingerprint density at radius 3 is 2.75 bits per heavy atom. The first-order chi connectivity index (χ1) is 7.81. The Morgan fingerprint density at radius 1 is 1.31 bits per heavy atom. The molecule has 3 heteroatoms. The number of ether oxygens (including phenoxy) is 1. The average Bonchev–Trinajstić information content (AvgIpc) is 2.30. The van der Waals surface area contributed by atoms with E-state index in [0.717, 1.165) is 23.9 Å². The summed E-state index contributed by atoms with van der Waals surface area (Å²) in [7, 11) is 0. The summed E-state index contributed by atoms with van der Waals surface area (Å²) in [6, 6.07) is 0. The summed E-state index contributed by atoms with van der Waals surface area (Å²) in [5.41, 5.74) is 0. The van der Waals surface area contributed by atoms with Gasteiger partial charge in [0.05, 0.1) is 12.2 Å². The minimum atomic E-state index is 0.197. The molecule has 2 nitrogen and oxygen atoms in total. The smallest absolute Gasteiger partial charge is 0.0812 e. The van der Waals surface area contributed by atoms with Crippen molar-refractivity contribution in [2.24, 2.45) is 5.92 Å². The quantitative estimate of drug-likeness (QED) is 0.735. The van der Waals surface area contributed by atoms with Gasteiger partial charge in [-0.15, -0.1) is 0 Å². The SMILES string of the molecule is ClC1=CC=CC(OC2CN3CCC2CC3)C1. The Morgan fingerprint density at radius 2 is 2.12 bits per heavy atom. The fourth-order valence-electron chi connectivity index (χ4n) is 3.00. The molecule has 0 aromatic carbocycles. The largest absolute Gasteiger partial charge is 0.369 e. The zero-order valence-corrected chi connectivity index (χ0v) is 10.2. The first-order valence-corrected chi connectivity index (χ1v) is 6.60. The predicted octanol–water partition coefficient (Wildman–Crippen LogP) is 2.55. The molecule has 16 heavy (non-hydrogen) atoms. The molecule has 2 unspecified atom stereocenters. The fourth-order valence-corrected chi connectivity index (χ4v) is 3.22. The van der Waals surface area contributed by atoms with Crippen LogP contribution in [0.3, 0.4) is 0 Å². The molecule has 4 aliphatic rings. The molecule has 4 rings (SSSR count). The lowest BCUT2D eigenvalue weighted by Gasteiger charge is -2.45. The van der Waals surface area contributed by atoms with Gasteiger partial charge in [0.2, 0.25) is 0 Å². The van der Waals surface area contributed by atoms with E-state index in [9.17, 15) is 0 Å². The van der Waals surface area contributed by atoms with Gasteiger partial charge in [-0.1, -0.05) is 23.8 Å². The van der Waals surface area contributed by atoms with Crippen LogP contribution in [-0.4, -0.2) is 36.7 Å². The van der Waals surface area contributed by atoms with Gasteiger partial charge in [-0.2, -0.15) is 0 Å². The van der Waals surface area contributed by atoms with E-state index in [4.69, 9.17) is 16.3 Å². The second kappa shape index (κ2) is 4.52. The summed E-state index contributed by atoms with van der Waals surface area (Å²) in [5.74, 6) is 0.781. The zero-order valence-electron chi connectivity index (χ0n) is 9.44. The van der Waals surface area contributed by atoms with Gasteiger partial charge in [0.15, 0.2) is 0 Å². The van der Waals surface area contributed by atoms with Crippen molar-refractivity contribution in [3.8, 4) is 0 Å². The number of hydrogen-bond acceptors (Lipinski definition) is 2. The van der Waals surface area contributed by atoms with E-state index in [1.54, 1.807) is 0 Å². The Labute approximate surface area is 102 Å². The minimum Gasteiger partial charge on any atom is -0.369 e. The molecule has 0 spiro atoms. The molecule has 3 fully saturated rings. The molecule has 3 saturated heterocycles. The highest BCUT2D eigenvalue weighted by Crippen LogP contribution is 2.31. The van der Waals surface area contributed by atoms with Crippen molar-refractivity contribution in [1.82, 2.24) is 4.90 Å². The summed E-state index contributed by atoms with van der Waals surface area (Å²) in [5, 5.41) is 0.911. The lowest BCUT2D eigenvalue weighted by atomic mass is 9.85. The number of rotatable bonds is 2. The Kier molecular flexibility index (Phi) is 3.05. The van der Waals surface area contributed by atoms with Crippen molar-refractivity contribution in [2.45, 2.75) is 31.5 Å². The lowest BCUT2D eigenvalue weighted by Crippen LogP contribution is -2.52. The average molecular weight is 240 g/mol. The third-order valence-corrected chi connectivity index (χ3v) is 4.23. The molecule has 2 atom stereocenters. The van der Waals surface area contributed by atoms with Crippen molar-refractivity contribution in [2.75, 3.05) is 19.6 Å². The van der Waals surface area contributed by atoms with Crippen LogP contribution in [0.1, 0.15) is 19.3 Å². The highest BCUT2D eigenvalue weighted by atomic mass is 35.5. The monoisotopic (exact) mass is 239 g/mol. The molecule has 1 aliphatic carbocycles. The number of allylic oxidation sites excluding steroid dienone is 2. The van der Waals surface area contributed by atoms with E-state index in [0.29, 0.717) is 6.10 Å². The van der Waals surface area contributed by atoms with Gasteiger partial charge in [-0.3, -0.25) is 0 Å². The Balaban J connectivity index is 1.59. The van der Waals surface area contributed by atoms with Gasteiger partial charge in [0.1, 0.15) is 0 Å². The molecular formula is C13H18ClNO. The normalized spacial score (nSPS) is 42.2. The number of nitrogens with zero attached hydrogens (tertiary/aromatic N) is 1. The standard InChI is InChI=1S/C13H18ClNO/c14-11-2-1-3-12(8-11)16-13-9-15-6-4-10(13)5-7-15/h1-3,10,12-13H,4-9H2. The van der Waals surface area contributed by atoms with Crippen LogP contribution in [0.25, 0.3) is 0 Å². The third kappa shape index (κ3) is 2.20. The van der Waals surface area contributed by atoms with Gasteiger partial charge in [-0.05, 0) is 37.9 Å². The Hall–Kier alpha value is -0.310. The van der Waals surface area contributed by atoms with E-state index in [-0.39, 0.29) is 6.10 Å². The van der Waals surface area contributed by atoms with Crippen LogP contribution in [0.15, 0.2) is 23.3 Å². The summed E-state index contributed by atoms with van der Waals surface area (Å²) in [4.78, 5) is 2.52. The minimum absolute atomic E-state index is 0.197. The molecule has 88 valence electrons. The van der Waals surface area contributed by atoms with Crippen LogP contribution in [0.5, 0.6) is 0 Å². The van der Waals surface area contributed by atoms with Crippen molar-refractivity contribution in [3.05, 3.63) is 23.3 Å². The molecule has 0 aromatic heterocycles. The number of hydrogen-bond donors (Lipinski definition) is 0. The summed E-state index contributed by atoms with van der Waals surface area (Å²) in [6.07, 6.45) is 10.2. The first-order valence-electron chi connectivity index (χ1n) is 6.22. The van der Waals surface area contributed by atoms with Crippen molar-refractivity contribution >= 4 is 11.6 Å². The topological polar surface area (TPSA) is 12.5 Å². The van der Waals surface area contributed by atoms with Crippen molar-refractivity contribution in [1.29, 1.82) is 0 Å². The van der Waals surface area contributed by atoms with Crippen molar-refractivity contribution in [3.63, 3.8) is 0 Å². The van der Waals surface area contributed by atoms with Crippen molar-refractivity contribution < 1.29 is 4.74 Å². The zero-order chi connectivity index (χ0) is 11.0. The first kappa shape index (κ1) is 10.8. The van der Waals surface area contributed by atoms with Crippen LogP contribution >= 0.6 is 11.6 Å². The second-order valence-electron chi connectivity index (χ2n) is 5.05. The maximum absolute atomic E-state index is 6.18. The van der Waals surface area contributed by atoms with Crippen LogP contribution in [0.2, 0.25) is 0 Å². The van der Waals surface area contributed by atoms with Gasteiger partial charge >= 0.3 is 0 Å². The van der Waals surface area contributed by atoms with Gasteiger partial charge in [0.25, 0.3) is 0 Å². The third-order valence-electron chi connectivity index (χ3n) is 3.94. The van der Waals surface area contributed by atoms with Crippen LogP contribution in [0.4, 0.5) is 0 Å². The van der Waals surface area contributed by atoms with E-state index >= 15 is 0 Å². The molecule has 0 saturated carbocycles. The van der Waals surface area contributed by atoms with Gasteiger partial charge in [-0.25, -0.2) is 0 Å². The molecule has 3 heterocycles. The van der Waals surface area contributed by atoms with Crippen LogP contribution < -0.4 is 0 Å². The summed E-state index contributed by atoms with van der Waals surface area (Å²) in [6.45, 7) is 3.66. The maximum Gasteiger partial charge on any atom is 0.0812 e. The number of piperidine rings is 3. The molecular weight excluding hydrogens is 222 g/mol. The fraction of sp³-hybridized carbons (Fsp3) is 0.692. The second-order valence-corrected chi connectivity index (χ2v) is 5.54. The van der Waals surface area contributed by atoms with E-state index in [2.05, 4.69) is 11.0 Å². The van der Waals surface area contributed by atoms with Gasteiger partial charge < -0.3 is 9.64 Å². The lowest BCUT2D eigenvalue weighted by molar-refractivity contribution is -0.0889. The highest BCUT2D eigenvalue weighted by molar-refractivity contribution is 6.29. The summed E-state index contributed by atoms with van der Waals surface area (Å²) >= 11 is 6.03. The Bertz CT molecular complexity index is 318. The van der Waals surface area contributed by atoms with E-state index in [1.165, 1.54) is 25.9 Å².